The highest BCUT2D eigenvalue weighted by Gasteiger charge is 2.24. The van der Waals surface area contributed by atoms with Gasteiger partial charge in [0.1, 0.15) is 0 Å². The first-order valence-corrected chi connectivity index (χ1v) is 6.57. The molecule has 1 rings (SSSR count). The Morgan fingerprint density at radius 1 is 1.28 bits per heavy atom. The van der Waals surface area contributed by atoms with Crippen LogP contribution in [0.3, 0.4) is 0 Å². The van der Waals surface area contributed by atoms with Crippen LogP contribution in [0.5, 0.6) is 0 Å². The van der Waals surface area contributed by atoms with Crippen molar-refractivity contribution in [3.63, 3.8) is 0 Å². The molecule has 3 nitrogen and oxygen atoms in total. The van der Waals surface area contributed by atoms with E-state index in [0.29, 0.717) is 12.6 Å². The fraction of sp³-hybridized carbons (Fsp3) is 0.571. The Kier molecular flexibility index (Phi) is 6.09. The van der Waals surface area contributed by atoms with Gasteiger partial charge in [-0.25, -0.2) is 0 Å². The van der Waals surface area contributed by atoms with Crippen molar-refractivity contribution in [2.75, 3.05) is 20.8 Å². The third-order valence-corrected chi connectivity index (χ3v) is 3.50. The molecule has 3 unspecified atom stereocenters. The maximum absolute atomic E-state index is 6.13. The molecule has 0 bridgehead atoms. The van der Waals surface area contributed by atoms with Crippen LogP contribution in [-0.4, -0.2) is 37.7 Å². The van der Waals surface area contributed by atoms with E-state index in [2.05, 4.69) is 18.9 Å². The quantitative estimate of drug-likeness (QED) is 0.864. The van der Waals surface area contributed by atoms with Crippen molar-refractivity contribution in [2.45, 2.75) is 32.0 Å². The summed E-state index contributed by atoms with van der Waals surface area (Å²) in [5, 5.41) is 0.745. The molecule has 3 atom stereocenters. The molecule has 2 N–H and O–H groups in total. The topological polar surface area (TPSA) is 38.5 Å². The van der Waals surface area contributed by atoms with Gasteiger partial charge in [-0.2, -0.15) is 0 Å². The first-order valence-electron chi connectivity index (χ1n) is 6.19. The molecule has 0 heterocycles. The summed E-state index contributed by atoms with van der Waals surface area (Å²) in [4.78, 5) is 2.25. The Morgan fingerprint density at radius 2 is 1.83 bits per heavy atom. The van der Waals surface area contributed by atoms with Gasteiger partial charge in [-0.05, 0) is 38.6 Å². The number of nitrogens with two attached hydrogens (primary N) is 1. The van der Waals surface area contributed by atoms with Gasteiger partial charge in [0, 0.05) is 30.3 Å². The van der Waals surface area contributed by atoms with Crippen molar-refractivity contribution in [3.05, 3.63) is 34.9 Å². The highest BCUT2D eigenvalue weighted by atomic mass is 35.5. The second-order valence-corrected chi connectivity index (χ2v) is 5.26. The van der Waals surface area contributed by atoms with E-state index in [1.165, 1.54) is 5.56 Å². The number of hydrogen-bond acceptors (Lipinski definition) is 3. The van der Waals surface area contributed by atoms with Crippen LogP contribution in [0.25, 0.3) is 0 Å². The van der Waals surface area contributed by atoms with Crippen molar-refractivity contribution in [1.82, 2.24) is 4.90 Å². The molecular weight excluding hydrogens is 248 g/mol. The van der Waals surface area contributed by atoms with Gasteiger partial charge >= 0.3 is 0 Å². The molecule has 0 saturated carbocycles. The van der Waals surface area contributed by atoms with Crippen molar-refractivity contribution < 1.29 is 4.74 Å². The van der Waals surface area contributed by atoms with Crippen LogP contribution in [0, 0.1) is 0 Å². The molecule has 18 heavy (non-hydrogen) atoms. The van der Waals surface area contributed by atoms with E-state index >= 15 is 0 Å². The molecule has 0 aliphatic heterocycles. The van der Waals surface area contributed by atoms with Crippen LogP contribution < -0.4 is 5.73 Å². The van der Waals surface area contributed by atoms with Crippen molar-refractivity contribution in [3.8, 4) is 0 Å². The summed E-state index contributed by atoms with van der Waals surface area (Å²) in [6.07, 6.45) is 0. The summed E-state index contributed by atoms with van der Waals surface area (Å²) < 4.78 is 5.21. The first kappa shape index (κ1) is 15.4. The fourth-order valence-electron chi connectivity index (χ4n) is 2.20. The molecule has 0 radical (unpaired) electrons. The summed E-state index contributed by atoms with van der Waals surface area (Å²) in [7, 11) is 3.79. The lowest BCUT2D eigenvalue weighted by Gasteiger charge is -2.35. The molecule has 0 aliphatic rings. The number of methoxy groups -OCH3 is 1. The summed E-state index contributed by atoms with van der Waals surface area (Å²) >= 11 is 5.92. The number of likely N-dealkylation sites (N-methyl/N-ethyl adjacent to an activating group) is 1. The molecule has 0 aromatic heterocycles. The Hall–Kier alpha value is -0.610. The molecule has 0 saturated heterocycles. The molecule has 1 aromatic carbocycles. The average molecular weight is 271 g/mol. The van der Waals surface area contributed by atoms with Crippen LogP contribution >= 0.6 is 11.6 Å². The Labute approximate surface area is 115 Å². The van der Waals surface area contributed by atoms with E-state index in [1.54, 1.807) is 7.11 Å². The smallest absolute Gasteiger partial charge is 0.0615 e. The minimum Gasteiger partial charge on any atom is -0.383 e. The SMILES string of the molecule is COCC(C)N(C)C(c1ccc(Cl)cc1)C(C)N. The van der Waals surface area contributed by atoms with Crippen LogP contribution in [0.4, 0.5) is 0 Å². The van der Waals surface area contributed by atoms with Gasteiger partial charge in [-0.15, -0.1) is 0 Å². The largest absolute Gasteiger partial charge is 0.383 e. The highest BCUT2D eigenvalue weighted by molar-refractivity contribution is 6.30. The van der Waals surface area contributed by atoms with E-state index in [9.17, 15) is 0 Å². The van der Waals surface area contributed by atoms with Crippen LogP contribution in [-0.2, 0) is 4.74 Å². The zero-order valence-corrected chi connectivity index (χ0v) is 12.3. The van der Waals surface area contributed by atoms with Gasteiger partial charge in [0.25, 0.3) is 0 Å². The van der Waals surface area contributed by atoms with Gasteiger partial charge in [0.15, 0.2) is 0 Å². The fourth-order valence-corrected chi connectivity index (χ4v) is 2.33. The normalized spacial score (nSPS) is 16.6. The second kappa shape index (κ2) is 7.10. The zero-order valence-electron chi connectivity index (χ0n) is 11.6. The Bertz CT molecular complexity index is 353. The number of nitrogens with zero attached hydrogens (tertiary/aromatic N) is 1. The minimum absolute atomic E-state index is 0.0375. The first-order chi connectivity index (χ1) is 8.47. The van der Waals surface area contributed by atoms with Crippen LogP contribution in [0.15, 0.2) is 24.3 Å². The van der Waals surface area contributed by atoms with Crippen molar-refractivity contribution in [1.29, 1.82) is 0 Å². The van der Waals surface area contributed by atoms with Gasteiger partial charge in [-0.1, -0.05) is 23.7 Å². The van der Waals surface area contributed by atoms with E-state index in [-0.39, 0.29) is 12.1 Å². The number of halogens is 1. The third kappa shape index (κ3) is 3.95. The maximum Gasteiger partial charge on any atom is 0.0615 e. The minimum atomic E-state index is 0.0375. The predicted molar refractivity (Wildman–Crippen MR) is 76.9 cm³/mol. The molecule has 102 valence electrons. The van der Waals surface area contributed by atoms with E-state index in [0.717, 1.165) is 5.02 Å². The standard InChI is InChI=1S/C14H23ClN2O/c1-10(9-18-4)17(3)14(11(2)16)12-5-7-13(15)8-6-12/h5-8,10-11,14H,9,16H2,1-4H3. The third-order valence-electron chi connectivity index (χ3n) is 3.25. The number of benzene rings is 1. The van der Waals surface area contributed by atoms with Gasteiger partial charge in [-0.3, -0.25) is 4.90 Å². The van der Waals surface area contributed by atoms with E-state index in [4.69, 9.17) is 22.1 Å². The number of hydrogen-bond donors (Lipinski definition) is 1. The monoisotopic (exact) mass is 270 g/mol. The van der Waals surface area contributed by atoms with Gasteiger partial charge in [0.2, 0.25) is 0 Å². The van der Waals surface area contributed by atoms with Gasteiger partial charge < -0.3 is 10.5 Å². The Morgan fingerprint density at radius 3 is 2.28 bits per heavy atom. The summed E-state index contributed by atoms with van der Waals surface area (Å²) in [6.45, 7) is 4.84. The molecule has 0 aliphatic carbocycles. The highest BCUT2D eigenvalue weighted by Crippen LogP contribution is 2.25. The van der Waals surface area contributed by atoms with Crippen LogP contribution in [0.1, 0.15) is 25.5 Å². The summed E-state index contributed by atoms with van der Waals surface area (Å²) in [5.41, 5.74) is 7.31. The zero-order chi connectivity index (χ0) is 13.7. The number of rotatable bonds is 6. The number of ether oxygens (including phenoxy) is 1. The van der Waals surface area contributed by atoms with Gasteiger partial charge in [0.05, 0.1) is 6.61 Å². The second-order valence-electron chi connectivity index (χ2n) is 4.83. The molecule has 0 fully saturated rings. The molecular formula is C14H23ClN2O. The predicted octanol–water partition coefficient (Wildman–Crippen LogP) is 2.70. The molecule has 1 aromatic rings. The van der Waals surface area contributed by atoms with E-state index in [1.807, 2.05) is 31.2 Å². The van der Waals surface area contributed by atoms with E-state index < -0.39 is 0 Å². The lowest BCUT2D eigenvalue weighted by molar-refractivity contribution is 0.0819. The summed E-state index contributed by atoms with van der Waals surface area (Å²) in [5.74, 6) is 0. The lowest BCUT2D eigenvalue weighted by atomic mass is 9.98. The molecule has 4 heteroatoms. The molecule has 0 amide bonds. The lowest BCUT2D eigenvalue weighted by Crippen LogP contribution is -2.43. The summed E-state index contributed by atoms with van der Waals surface area (Å²) in [6, 6.07) is 8.38. The van der Waals surface area contributed by atoms with Crippen molar-refractivity contribution >= 4 is 11.6 Å². The van der Waals surface area contributed by atoms with Crippen molar-refractivity contribution in [2.24, 2.45) is 5.73 Å². The van der Waals surface area contributed by atoms with Crippen LogP contribution in [0.2, 0.25) is 5.02 Å². The maximum atomic E-state index is 6.13. The Balaban J connectivity index is 2.92. The molecule has 0 spiro atoms. The average Bonchev–Trinajstić information content (AvgIpc) is 2.31.